The van der Waals surface area contributed by atoms with Crippen LogP contribution in [-0.2, 0) is 9.53 Å². The van der Waals surface area contributed by atoms with Crippen LogP contribution in [0.4, 0.5) is 0 Å². The fourth-order valence-corrected chi connectivity index (χ4v) is 3.68. The number of para-hydroxylation sites is 1. The molecule has 3 rings (SSSR count). The molecule has 2 heterocycles. The summed E-state index contributed by atoms with van der Waals surface area (Å²) in [5, 5.41) is 17.0. The first-order valence-corrected chi connectivity index (χ1v) is 11.0. The lowest BCUT2D eigenvalue weighted by Crippen LogP contribution is -2.37. The molecule has 2 atom stereocenters. The number of carbonyl (C=O) groups is 2. The highest BCUT2D eigenvalue weighted by Crippen LogP contribution is 2.27. The van der Waals surface area contributed by atoms with E-state index in [-0.39, 0.29) is 37.4 Å². The Hall–Kier alpha value is -3.02. The summed E-state index contributed by atoms with van der Waals surface area (Å²) in [6.07, 6.45) is -0.600. The van der Waals surface area contributed by atoms with Gasteiger partial charge in [-0.25, -0.2) is 0 Å². The van der Waals surface area contributed by atoms with Gasteiger partial charge in [-0.15, -0.1) is 4.37 Å². The van der Waals surface area contributed by atoms with Crippen LogP contribution in [-0.4, -0.2) is 70.2 Å². The quantitative estimate of drug-likeness (QED) is 0.235. The van der Waals surface area contributed by atoms with Gasteiger partial charge in [-0.1, -0.05) is 25.1 Å². The Balaban J connectivity index is 1.33. The number of H-pyrrole nitrogens is 1. The van der Waals surface area contributed by atoms with Crippen LogP contribution in [0.1, 0.15) is 35.4 Å². The number of aromatic nitrogens is 3. The lowest BCUT2D eigenvalue weighted by molar-refractivity contribution is -0.141. The maximum absolute atomic E-state index is 12.2. The van der Waals surface area contributed by atoms with E-state index in [2.05, 4.69) is 29.1 Å². The summed E-state index contributed by atoms with van der Waals surface area (Å²) in [6.45, 7) is 3.04. The Bertz CT molecular complexity index is 1000. The van der Waals surface area contributed by atoms with Crippen molar-refractivity contribution in [1.82, 2.24) is 24.4 Å². The van der Waals surface area contributed by atoms with E-state index in [9.17, 15) is 14.7 Å². The number of nitrogens with one attached hydrogen (secondary N) is 3. The zero-order valence-electron chi connectivity index (χ0n) is 18.0. The van der Waals surface area contributed by atoms with E-state index in [4.69, 9.17) is 4.74 Å². The first-order chi connectivity index (χ1) is 15.5. The van der Waals surface area contributed by atoms with Crippen LogP contribution in [0.3, 0.4) is 0 Å². The first-order valence-electron chi connectivity index (χ1n) is 10.2. The maximum Gasteiger partial charge on any atom is 0.306 e. The molecule has 1 aromatic carbocycles. The highest BCUT2D eigenvalue weighted by molar-refractivity contribution is 6.99. The molecule has 2 aromatic heterocycles. The molecule has 1 amide bonds. The summed E-state index contributed by atoms with van der Waals surface area (Å²) in [4.78, 5) is 26.8. The monoisotopic (exact) mass is 461 g/mol. The fraction of sp³-hybridized carbons (Fsp3) is 0.429. The number of hydrogen-bond acceptors (Lipinski definition) is 9. The topological polar surface area (TPSA) is 138 Å². The summed E-state index contributed by atoms with van der Waals surface area (Å²) in [6, 6.07) is 9.51. The molecule has 0 aliphatic rings. The van der Waals surface area contributed by atoms with E-state index in [1.807, 2.05) is 37.3 Å². The summed E-state index contributed by atoms with van der Waals surface area (Å²) in [5.74, 6) is -0.405. The third-order valence-corrected chi connectivity index (χ3v) is 5.33. The summed E-state index contributed by atoms with van der Waals surface area (Å²) >= 11 is 0.990. The third kappa shape index (κ3) is 6.49. The predicted molar refractivity (Wildman–Crippen MR) is 120 cm³/mol. The number of carbonyl (C=O) groups excluding carboxylic acids is 2. The molecular weight excluding hydrogens is 434 g/mol. The summed E-state index contributed by atoms with van der Waals surface area (Å²) in [5.41, 5.74) is 1.99. The van der Waals surface area contributed by atoms with E-state index < -0.39 is 6.10 Å². The van der Waals surface area contributed by atoms with Crippen LogP contribution in [0.2, 0.25) is 0 Å². The van der Waals surface area contributed by atoms with E-state index >= 15 is 0 Å². The molecule has 32 heavy (non-hydrogen) atoms. The number of aliphatic hydroxyl groups is 1. The lowest BCUT2D eigenvalue weighted by atomic mass is 10.0. The van der Waals surface area contributed by atoms with Crippen LogP contribution < -0.4 is 15.4 Å². The van der Waals surface area contributed by atoms with Crippen LogP contribution >= 0.6 is 11.7 Å². The average molecular weight is 462 g/mol. The number of rotatable bonds is 12. The van der Waals surface area contributed by atoms with Gasteiger partial charge in [0, 0.05) is 36.5 Å². The minimum Gasteiger partial charge on any atom is -0.473 e. The van der Waals surface area contributed by atoms with Gasteiger partial charge >= 0.3 is 5.97 Å². The molecule has 2 unspecified atom stereocenters. The summed E-state index contributed by atoms with van der Waals surface area (Å²) in [7, 11) is 1.34. The van der Waals surface area contributed by atoms with E-state index in [1.165, 1.54) is 7.11 Å². The molecule has 10 nitrogen and oxygen atoms in total. The molecule has 3 aromatic rings. The molecule has 0 bridgehead atoms. The first kappa shape index (κ1) is 23.6. The molecular formula is C21H27N5O5S. The Morgan fingerprint density at radius 2 is 2.06 bits per heavy atom. The number of amides is 1. The van der Waals surface area contributed by atoms with Gasteiger partial charge in [0.2, 0.25) is 5.88 Å². The number of methoxy groups -OCH3 is 1. The Morgan fingerprint density at radius 3 is 2.84 bits per heavy atom. The van der Waals surface area contributed by atoms with Crippen molar-refractivity contribution < 1.29 is 24.2 Å². The van der Waals surface area contributed by atoms with E-state index in [1.54, 1.807) is 0 Å². The van der Waals surface area contributed by atoms with Gasteiger partial charge in [0.25, 0.3) is 5.91 Å². The Labute approximate surface area is 189 Å². The lowest BCUT2D eigenvalue weighted by Gasteiger charge is -2.14. The van der Waals surface area contributed by atoms with Crippen LogP contribution in [0, 0.1) is 0 Å². The number of nitrogens with zero attached hydrogens (tertiary/aromatic N) is 2. The molecule has 11 heteroatoms. The van der Waals surface area contributed by atoms with Gasteiger partial charge in [0.1, 0.15) is 24.1 Å². The standard InChI is InChI=1S/C21H27N5O5S/c1-13(9-18(28)30-2)19-21(26-32-25-19)31-12-15(27)11-22-7-8-23-20(29)17-10-14-5-3-4-6-16(14)24-17/h3-6,10,13,15,22,24,27H,7-9,11-12H2,1-2H3,(H,23,29). The van der Waals surface area contributed by atoms with Gasteiger partial charge in [0.05, 0.1) is 25.3 Å². The second-order valence-corrected chi connectivity index (χ2v) is 7.86. The molecule has 0 aliphatic carbocycles. The van der Waals surface area contributed by atoms with E-state index in [0.717, 1.165) is 22.6 Å². The molecule has 4 N–H and O–H groups in total. The second kappa shape index (κ2) is 11.6. The van der Waals surface area contributed by atoms with Crippen molar-refractivity contribution in [1.29, 1.82) is 0 Å². The normalized spacial score (nSPS) is 13.0. The van der Waals surface area contributed by atoms with Crippen LogP contribution in [0.25, 0.3) is 10.9 Å². The van der Waals surface area contributed by atoms with Gasteiger partial charge in [-0.2, -0.15) is 4.37 Å². The van der Waals surface area contributed by atoms with E-state index in [0.29, 0.717) is 30.4 Å². The number of esters is 1. The number of hydrogen-bond donors (Lipinski definition) is 4. The molecule has 0 saturated heterocycles. The summed E-state index contributed by atoms with van der Waals surface area (Å²) < 4.78 is 18.5. The van der Waals surface area contributed by atoms with Crippen molar-refractivity contribution >= 4 is 34.5 Å². The molecule has 0 saturated carbocycles. The molecule has 0 aliphatic heterocycles. The molecule has 0 radical (unpaired) electrons. The Kier molecular flexibility index (Phi) is 8.54. The molecule has 172 valence electrons. The van der Waals surface area contributed by atoms with Crippen molar-refractivity contribution in [2.45, 2.75) is 25.4 Å². The maximum atomic E-state index is 12.2. The van der Waals surface area contributed by atoms with Crippen molar-refractivity contribution in [3.63, 3.8) is 0 Å². The van der Waals surface area contributed by atoms with Crippen molar-refractivity contribution in [2.24, 2.45) is 0 Å². The minimum atomic E-state index is -0.773. The number of benzene rings is 1. The number of fused-ring (bicyclic) bond motifs is 1. The van der Waals surface area contributed by atoms with Crippen molar-refractivity contribution in [3.8, 4) is 5.88 Å². The highest BCUT2D eigenvalue weighted by Gasteiger charge is 2.21. The number of aliphatic hydroxyl groups excluding tert-OH is 1. The van der Waals surface area contributed by atoms with Gasteiger partial charge in [-0.05, 0) is 12.1 Å². The number of aromatic amines is 1. The SMILES string of the molecule is COC(=O)CC(C)c1nsnc1OCC(O)CNCCNC(=O)c1cc2ccccc2[nH]1. The van der Waals surface area contributed by atoms with Crippen molar-refractivity contribution in [3.05, 3.63) is 41.7 Å². The fourth-order valence-electron chi connectivity index (χ4n) is 3.08. The second-order valence-electron chi connectivity index (χ2n) is 7.33. The van der Waals surface area contributed by atoms with Gasteiger partial charge < -0.3 is 30.2 Å². The minimum absolute atomic E-state index is 0.0256. The molecule has 0 spiro atoms. The van der Waals surface area contributed by atoms with Crippen LogP contribution in [0.15, 0.2) is 30.3 Å². The largest absolute Gasteiger partial charge is 0.473 e. The third-order valence-electron chi connectivity index (χ3n) is 4.80. The van der Waals surface area contributed by atoms with Crippen molar-refractivity contribution in [2.75, 3.05) is 33.4 Å². The number of ether oxygens (including phenoxy) is 2. The molecule has 0 fully saturated rings. The van der Waals surface area contributed by atoms with Gasteiger partial charge in [0.15, 0.2) is 0 Å². The zero-order valence-corrected chi connectivity index (χ0v) is 18.8. The predicted octanol–water partition coefficient (Wildman–Crippen LogP) is 1.45. The van der Waals surface area contributed by atoms with Crippen LogP contribution in [0.5, 0.6) is 5.88 Å². The van der Waals surface area contributed by atoms with Gasteiger partial charge in [-0.3, -0.25) is 9.59 Å². The zero-order chi connectivity index (χ0) is 22.9. The smallest absolute Gasteiger partial charge is 0.306 e. The highest BCUT2D eigenvalue weighted by atomic mass is 32.1. The Morgan fingerprint density at radius 1 is 1.25 bits per heavy atom. The average Bonchev–Trinajstić information content (AvgIpc) is 3.44.